The molecule has 1 saturated heterocycles. The Kier molecular flexibility index (Phi) is 6.37. The number of carbonyl (C=O) groups excluding carboxylic acids is 1. The van der Waals surface area contributed by atoms with Gasteiger partial charge in [0.15, 0.2) is 9.84 Å². The van der Waals surface area contributed by atoms with E-state index in [0.717, 1.165) is 11.1 Å². The Hall–Kier alpha value is -4.09. The summed E-state index contributed by atoms with van der Waals surface area (Å²) in [4.78, 5) is 16.5. The summed E-state index contributed by atoms with van der Waals surface area (Å²) >= 11 is 0. The minimum absolute atomic E-state index is 0.182. The number of nitrogens with zero attached hydrogens (tertiary/aromatic N) is 5. The maximum atomic E-state index is 13.1. The first kappa shape index (κ1) is 24.0. The standard InChI is InChI=1S/C24H24N6O4S/c1-4-22(31)28-24(5-2)9-10-29(16-35(24,32)33)21-8-7-17(13-26-21)20-11-19(34-6-3)15-30-23(20)18(12-25)14-27-30/h1,7-8,11,13-15H,5-6,9-10,16H2,2-3H3,(H,28,31). The number of rotatable bonds is 6. The Labute approximate surface area is 203 Å². The van der Waals surface area contributed by atoms with Crippen LogP contribution < -0.4 is 15.0 Å². The number of hydrogen-bond acceptors (Lipinski definition) is 8. The van der Waals surface area contributed by atoms with Crippen LogP contribution in [0.25, 0.3) is 16.6 Å². The summed E-state index contributed by atoms with van der Waals surface area (Å²) in [5.41, 5.74) is 2.49. The number of hydrogen-bond donors (Lipinski definition) is 1. The van der Waals surface area contributed by atoms with E-state index in [4.69, 9.17) is 11.2 Å². The third-order valence-corrected chi connectivity index (χ3v) is 8.59. The molecule has 3 aromatic rings. The molecule has 1 atom stereocenters. The number of pyridine rings is 2. The van der Waals surface area contributed by atoms with E-state index in [2.05, 4.69) is 21.5 Å². The number of sulfone groups is 1. The summed E-state index contributed by atoms with van der Waals surface area (Å²) < 4.78 is 33.5. The van der Waals surface area contributed by atoms with E-state index in [1.54, 1.807) is 34.8 Å². The number of amides is 1. The highest BCUT2D eigenvalue weighted by atomic mass is 32.2. The zero-order valence-corrected chi connectivity index (χ0v) is 20.2. The van der Waals surface area contributed by atoms with Crippen molar-refractivity contribution >= 4 is 27.1 Å². The van der Waals surface area contributed by atoms with E-state index in [9.17, 15) is 18.5 Å². The van der Waals surface area contributed by atoms with Crippen molar-refractivity contribution in [1.82, 2.24) is 19.9 Å². The van der Waals surface area contributed by atoms with E-state index in [1.807, 2.05) is 25.0 Å². The van der Waals surface area contributed by atoms with Crippen LogP contribution in [0.1, 0.15) is 32.3 Å². The van der Waals surface area contributed by atoms with Gasteiger partial charge in [0.05, 0.1) is 30.1 Å². The molecule has 0 aromatic carbocycles. The molecule has 1 N–H and O–H groups in total. The van der Waals surface area contributed by atoms with Crippen LogP contribution in [0.3, 0.4) is 0 Å². The van der Waals surface area contributed by atoms with E-state index in [1.165, 1.54) is 6.20 Å². The van der Waals surface area contributed by atoms with Gasteiger partial charge in [-0.05, 0) is 37.5 Å². The molecule has 1 unspecified atom stereocenters. The molecule has 10 nitrogen and oxygen atoms in total. The van der Waals surface area contributed by atoms with Crippen LogP contribution in [-0.2, 0) is 14.6 Å². The van der Waals surface area contributed by atoms with Crippen molar-refractivity contribution in [3.05, 3.63) is 42.4 Å². The maximum absolute atomic E-state index is 13.1. The fourth-order valence-corrected chi connectivity index (χ4v) is 6.30. The van der Waals surface area contributed by atoms with Gasteiger partial charge < -0.3 is 15.0 Å². The van der Waals surface area contributed by atoms with Crippen LogP contribution >= 0.6 is 0 Å². The minimum atomic E-state index is -3.75. The maximum Gasteiger partial charge on any atom is 0.296 e. The molecule has 3 aromatic heterocycles. The van der Waals surface area contributed by atoms with E-state index in [-0.39, 0.29) is 18.7 Å². The molecular weight excluding hydrogens is 468 g/mol. The monoisotopic (exact) mass is 492 g/mol. The first-order valence-corrected chi connectivity index (χ1v) is 12.7. The van der Waals surface area contributed by atoms with Crippen LogP contribution in [0, 0.1) is 23.7 Å². The first-order chi connectivity index (χ1) is 16.8. The first-order valence-electron chi connectivity index (χ1n) is 11.0. The normalized spacial score (nSPS) is 19.0. The van der Waals surface area contributed by atoms with Crippen molar-refractivity contribution in [3.63, 3.8) is 0 Å². The van der Waals surface area contributed by atoms with Crippen molar-refractivity contribution in [3.8, 4) is 35.3 Å². The van der Waals surface area contributed by atoms with Gasteiger partial charge in [-0.15, -0.1) is 6.42 Å². The average molecular weight is 493 g/mol. The molecule has 180 valence electrons. The summed E-state index contributed by atoms with van der Waals surface area (Å²) in [5.74, 6) is 1.96. The molecule has 0 bridgehead atoms. The Bertz CT molecular complexity index is 1470. The number of nitriles is 1. The van der Waals surface area contributed by atoms with Gasteiger partial charge in [0.25, 0.3) is 5.91 Å². The van der Waals surface area contributed by atoms with Crippen LogP contribution in [-0.4, -0.2) is 52.8 Å². The van der Waals surface area contributed by atoms with Gasteiger partial charge in [-0.1, -0.05) is 6.92 Å². The van der Waals surface area contributed by atoms with Gasteiger partial charge in [0, 0.05) is 30.3 Å². The molecular formula is C24H24N6O4S. The zero-order valence-electron chi connectivity index (χ0n) is 19.4. The SMILES string of the molecule is C#CC(=O)NC1(CC)CCN(c2ccc(-c3cc(OCC)cn4ncc(C#N)c34)cn2)CS1(=O)=O. The molecule has 1 fully saturated rings. The number of carbonyl (C=O) groups is 1. The summed E-state index contributed by atoms with van der Waals surface area (Å²) in [7, 11) is -3.75. The minimum Gasteiger partial charge on any atom is -0.492 e. The summed E-state index contributed by atoms with van der Waals surface area (Å²) in [6, 6.07) is 7.53. The quantitative estimate of drug-likeness (QED) is 0.518. The highest BCUT2D eigenvalue weighted by Gasteiger charge is 2.47. The third-order valence-electron chi connectivity index (χ3n) is 6.15. The summed E-state index contributed by atoms with van der Waals surface area (Å²) in [6.45, 7) is 4.43. The van der Waals surface area contributed by atoms with Crippen LogP contribution in [0.15, 0.2) is 36.8 Å². The molecule has 0 aliphatic carbocycles. The highest BCUT2D eigenvalue weighted by molar-refractivity contribution is 7.92. The Morgan fingerprint density at radius 3 is 2.74 bits per heavy atom. The summed E-state index contributed by atoms with van der Waals surface area (Å²) in [6.07, 6.45) is 10.4. The van der Waals surface area contributed by atoms with Crippen molar-refractivity contribution < 1.29 is 17.9 Å². The molecule has 1 aliphatic rings. The third kappa shape index (κ3) is 4.27. The fraction of sp³-hybridized carbons (Fsp3) is 0.333. The van der Waals surface area contributed by atoms with Gasteiger partial charge in [-0.25, -0.2) is 17.9 Å². The second-order valence-corrected chi connectivity index (χ2v) is 10.4. The van der Waals surface area contributed by atoms with Crippen LogP contribution in [0.5, 0.6) is 5.75 Å². The van der Waals surface area contributed by atoms with Crippen molar-refractivity contribution in [1.29, 1.82) is 5.26 Å². The fourth-order valence-electron chi connectivity index (χ4n) is 4.29. The highest BCUT2D eigenvalue weighted by Crippen LogP contribution is 2.34. The Morgan fingerprint density at radius 1 is 1.34 bits per heavy atom. The lowest BCUT2D eigenvalue weighted by molar-refractivity contribution is -0.116. The van der Waals surface area contributed by atoms with Crippen LogP contribution in [0.2, 0.25) is 0 Å². The molecule has 0 spiro atoms. The number of aromatic nitrogens is 3. The van der Waals surface area contributed by atoms with E-state index < -0.39 is 20.6 Å². The van der Waals surface area contributed by atoms with Gasteiger partial charge in [0.1, 0.15) is 28.4 Å². The molecule has 1 amide bonds. The molecule has 35 heavy (non-hydrogen) atoms. The second kappa shape index (κ2) is 9.28. The van der Waals surface area contributed by atoms with E-state index >= 15 is 0 Å². The smallest absolute Gasteiger partial charge is 0.296 e. The van der Waals surface area contributed by atoms with Gasteiger partial charge in [-0.3, -0.25) is 4.79 Å². The largest absolute Gasteiger partial charge is 0.492 e. The van der Waals surface area contributed by atoms with Crippen LogP contribution in [0.4, 0.5) is 5.82 Å². The number of anilines is 1. The zero-order chi connectivity index (χ0) is 25.2. The number of ether oxygens (including phenoxy) is 1. The lowest BCUT2D eigenvalue weighted by Gasteiger charge is -2.41. The summed E-state index contributed by atoms with van der Waals surface area (Å²) in [5, 5.41) is 16.3. The van der Waals surface area contributed by atoms with Crippen molar-refractivity contribution in [2.24, 2.45) is 0 Å². The lowest BCUT2D eigenvalue weighted by Crippen LogP contribution is -2.61. The molecule has 0 radical (unpaired) electrons. The Morgan fingerprint density at radius 2 is 2.14 bits per heavy atom. The van der Waals surface area contributed by atoms with Gasteiger partial charge >= 0.3 is 0 Å². The van der Waals surface area contributed by atoms with Gasteiger partial charge in [0.2, 0.25) is 0 Å². The predicted octanol–water partition coefficient (Wildman–Crippen LogP) is 2.10. The molecule has 4 rings (SSSR count). The predicted molar refractivity (Wildman–Crippen MR) is 130 cm³/mol. The average Bonchev–Trinajstić information content (AvgIpc) is 3.28. The number of nitrogens with one attached hydrogen (secondary N) is 1. The number of terminal acetylenes is 1. The van der Waals surface area contributed by atoms with Crippen molar-refractivity contribution in [2.75, 3.05) is 23.9 Å². The number of fused-ring (bicyclic) bond motifs is 1. The molecule has 4 heterocycles. The van der Waals surface area contributed by atoms with E-state index in [0.29, 0.717) is 35.8 Å². The van der Waals surface area contributed by atoms with Gasteiger partial charge in [-0.2, -0.15) is 10.4 Å². The lowest BCUT2D eigenvalue weighted by atomic mass is 10.1. The topological polar surface area (TPSA) is 130 Å². The second-order valence-electron chi connectivity index (χ2n) is 8.09. The molecule has 0 saturated carbocycles. The molecule has 11 heteroatoms. The molecule has 1 aliphatic heterocycles. The Balaban J connectivity index is 1.65. The van der Waals surface area contributed by atoms with Crippen molar-refractivity contribution in [2.45, 2.75) is 31.6 Å².